The molecule has 2 N–H and O–H groups in total. The predicted octanol–water partition coefficient (Wildman–Crippen LogP) is 3.69. The van der Waals surface area contributed by atoms with Gasteiger partial charge in [0.05, 0.1) is 7.11 Å². The molecule has 0 aliphatic heterocycles. The molecular formula is C22H29NO3. The molecule has 0 aromatic heterocycles. The summed E-state index contributed by atoms with van der Waals surface area (Å²) in [7, 11) is 1.67. The number of aliphatic hydroxyl groups excluding tert-OH is 1. The van der Waals surface area contributed by atoms with Gasteiger partial charge in [-0.05, 0) is 30.2 Å². The first-order valence-corrected chi connectivity index (χ1v) is 9.13. The summed E-state index contributed by atoms with van der Waals surface area (Å²) in [5.74, 6) is 1.64. The van der Waals surface area contributed by atoms with Crippen LogP contribution in [0.1, 0.15) is 24.5 Å². The molecule has 0 fully saturated rings. The number of nitrogens with one attached hydrogen (secondary N) is 1. The largest absolute Gasteiger partial charge is 0.496 e. The fourth-order valence-corrected chi connectivity index (χ4v) is 2.62. The van der Waals surface area contributed by atoms with Crippen LogP contribution < -0.4 is 14.8 Å². The van der Waals surface area contributed by atoms with E-state index < -0.39 is 6.10 Å². The molecule has 4 heteroatoms. The molecule has 0 amide bonds. The molecule has 1 unspecified atom stereocenters. The third kappa shape index (κ3) is 6.90. The lowest BCUT2D eigenvalue weighted by Crippen LogP contribution is -2.31. The number of rotatable bonds is 11. The Balaban J connectivity index is 1.65. The highest BCUT2D eigenvalue weighted by Crippen LogP contribution is 2.18. The normalized spacial score (nSPS) is 12.3. The van der Waals surface area contributed by atoms with Gasteiger partial charge in [0.2, 0.25) is 0 Å². The van der Waals surface area contributed by atoms with Gasteiger partial charge in [-0.3, -0.25) is 0 Å². The summed E-state index contributed by atoms with van der Waals surface area (Å²) in [6, 6.07) is 15.9. The summed E-state index contributed by atoms with van der Waals surface area (Å²) in [6.07, 6.45) is 5.68. The van der Waals surface area contributed by atoms with E-state index in [-0.39, 0.29) is 6.61 Å². The van der Waals surface area contributed by atoms with Crippen LogP contribution in [-0.4, -0.2) is 38.0 Å². The molecule has 0 aliphatic rings. The van der Waals surface area contributed by atoms with Crippen LogP contribution in [0.2, 0.25) is 0 Å². The molecule has 0 saturated carbocycles. The number of benzene rings is 2. The highest BCUT2D eigenvalue weighted by Gasteiger charge is 2.04. The van der Waals surface area contributed by atoms with Crippen LogP contribution in [-0.2, 0) is 6.42 Å². The van der Waals surface area contributed by atoms with Crippen LogP contribution in [0.5, 0.6) is 11.5 Å². The van der Waals surface area contributed by atoms with Crippen molar-refractivity contribution in [3.05, 3.63) is 65.7 Å². The minimum atomic E-state index is -0.551. The van der Waals surface area contributed by atoms with Gasteiger partial charge in [0.15, 0.2) is 0 Å². The van der Waals surface area contributed by atoms with Gasteiger partial charge in [0.1, 0.15) is 24.2 Å². The first-order valence-electron chi connectivity index (χ1n) is 9.13. The van der Waals surface area contributed by atoms with Crippen LogP contribution in [0.4, 0.5) is 0 Å². The Morgan fingerprint density at radius 3 is 2.62 bits per heavy atom. The van der Waals surface area contributed by atoms with Gasteiger partial charge in [0, 0.05) is 18.7 Å². The summed E-state index contributed by atoms with van der Waals surface area (Å²) in [4.78, 5) is 0. The number of hydrogen-bond acceptors (Lipinski definition) is 4. The van der Waals surface area contributed by atoms with Gasteiger partial charge < -0.3 is 19.9 Å². The topological polar surface area (TPSA) is 50.7 Å². The van der Waals surface area contributed by atoms with Crippen LogP contribution in [0.3, 0.4) is 0 Å². The molecule has 0 aliphatic carbocycles. The predicted molar refractivity (Wildman–Crippen MR) is 107 cm³/mol. The van der Waals surface area contributed by atoms with E-state index in [2.05, 4.69) is 24.4 Å². The Morgan fingerprint density at radius 2 is 1.88 bits per heavy atom. The molecule has 4 nitrogen and oxygen atoms in total. The van der Waals surface area contributed by atoms with Crippen molar-refractivity contribution in [1.29, 1.82) is 0 Å². The van der Waals surface area contributed by atoms with Gasteiger partial charge in [0.25, 0.3) is 0 Å². The van der Waals surface area contributed by atoms with Gasteiger partial charge in [-0.1, -0.05) is 55.8 Å². The minimum absolute atomic E-state index is 0.274. The smallest absolute Gasteiger partial charge is 0.126 e. The molecule has 0 bridgehead atoms. The quantitative estimate of drug-likeness (QED) is 0.604. The zero-order chi connectivity index (χ0) is 18.6. The van der Waals surface area contributed by atoms with Gasteiger partial charge in [-0.25, -0.2) is 0 Å². The van der Waals surface area contributed by atoms with Crippen molar-refractivity contribution in [2.45, 2.75) is 25.9 Å². The summed E-state index contributed by atoms with van der Waals surface area (Å²) in [6.45, 7) is 3.58. The van der Waals surface area contributed by atoms with Gasteiger partial charge >= 0.3 is 0 Å². The molecular weight excluding hydrogens is 326 g/mol. The second-order valence-corrected chi connectivity index (χ2v) is 6.16. The van der Waals surface area contributed by atoms with Crippen molar-refractivity contribution in [2.75, 3.05) is 26.8 Å². The second-order valence-electron chi connectivity index (χ2n) is 6.16. The Morgan fingerprint density at radius 1 is 1.12 bits per heavy atom. The van der Waals surface area contributed by atoms with Crippen molar-refractivity contribution >= 4 is 6.08 Å². The van der Waals surface area contributed by atoms with Crippen molar-refractivity contribution in [1.82, 2.24) is 5.32 Å². The number of aliphatic hydroxyl groups is 1. The van der Waals surface area contributed by atoms with E-state index in [1.165, 1.54) is 5.56 Å². The Labute approximate surface area is 156 Å². The molecule has 0 saturated heterocycles. The van der Waals surface area contributed by atoms with Gasteiger partial charge in [-0.2, -0.15) is 0 Å². The number of ether oxygens (including phenoxy) is 2. The number of methoxy groups -OCH3 is 1. The van der Waals surface area contributed by atoms with E-state index in [1.807, 2.05) is 48.6 Å². The van der Waals surface area contributed by atoms with E-state index in [1.54, 1.807) is 7.11 Å². The zero-order valence-corrected chi connectivity index (χ0v) is 15.7. The molecule has 0 heterocycles. The van der Waals surface area contributed by atoms with E-state index in [9.17, 15) is 5.11 Å². The van der Waals surface area contributed by atoms with E-state index >= 15 is 0 Å². The molecule has 2 aromatic rings. The number of aryl methyl sites for hydroxylation is 1. The zero-order valence-electron chi connectivity index (χ0n) is 15.7. The number of para-hydroxylation sites is 1. The van der Waals surface area contributed by atoms with Crippen LogP contribution in [0.25, 0.3) is 6.08 Å². The molecule has 0 spiro atoms. The molecule has 140 valence electrons. The second kappa shape index (κ2) is 11.3. The van der Waals surface area contributed by atoms with E-state index in [4.69, 9.17) is 9.47 Å². The highest BCUT2D eigenvalue weighted by atomic mass is 16.5. The van der Waals surface area contributed by atoms with Gasteiger partial charge in [-0.15, -0.1) is 0 Å². The lowest BCUT2D eigenvalue weighted by Gasteiger charge is -2.13. The summed E-state index contributed by atoms with van der Waals surface area (Å²) in [5.41, 5.74) is 2.34. The maximum Gasteiger partial charge on any atom is 0.126 e. The molecule has 0 radical (unpaired) electrons. The SMILES string of the molecule is CCCc1ccc(OCC(O)CNCC=Cc2ccccc2OC)cc1. The Hall–Kier alpha value is -2.30. The fraction of sp³-hybridized carbons (Fsp3) is 0.364. The fourth-order valence-electron chi connectivity index (χ4n) is 2.62. The first kappa shape index (κ1) is 20.0. The summed E-state index contributed by atoms with van der Waals surface area (Å²) < 4.78 is 10.9. The monoisotopic (exact) mass is 355 g/mol. The maximum atomic E-state index is 10.0. The Bertz CT molecular complexity index is 667. The van der Waals surface area contributed by atoms with E-state index in [0.717, 1.165) is 29.9 Å². The first-order chi connectivity index (χ1) is 12.7. The lowest BCUT2D eigenvalue weighted by atomic mass is 10.1. The number of hydrogen-bond donors (Lipinski definition) is 2. The lowest BCUT2D eigenvalue weighted by molar-refractivity contribution is 0.107. The van der Waals surface area contributed by atoms with E-state index in [0.29, 0.717) is 13.1 Å². The van der Waals surface area contributed by atoms with Crippen LogP contribution in [0.15, 0.2) is 54.6 Å². The third-order valence-corrected chi connectivity index (χ3v) is 3.98. The summed E-state index contributed by atoms with van der Waals surface area (Å²) >= 11 is 0. The van der Waals surface area contributed by atoms with Crippen molar-refractivity contribution < 1.29 is 14.6 Å². The molecule has 1 atom stereocenters. The van der Waals surface area contributed by atoms with Crippen molar-refractivity contribution in [2.24, 2.45) is 0 Å². The summed E-state index contributed by atoms with van der Waals surface area (Å²) in [5, 5.41) is 13.2. The average Bonchev–Trinajstić information content (AvgIpc) is 2.67. The molecule has 26 heavy (non-hydrogen) atoms. The minimum Gasteiger partial charge on any atom is -0.496 e. The molecule has 2 rings (SSSR count). The van der Waals surface area contributed by atoms with Crippen molar-refractivity contribution in [3.8, 4) is 11.5 Å². The maximum absolute atomic E-state index is 10.0. The van der Waals surface area contributed by atoms with Crippen molar-refractivity contribution in [3.63, 3.8) is 0 Å². The molecule has 2 aromatic carbocycles. The average molecular weight is 355 g/mol. The highest BCUT2D eigenvalue weighted by molar-refractivity contribution is 5.57. The Kier molecular flexibility index (Phi) is 8.73. The third-order valence-electron chi connectivity index (χ3n) is 3.98. The van der Waals surface area contributed by atoms with Crippen LogP contribution in [0, 0.1) is 0 Å². The van der Waals surface area contributed by atoms with Crippen LogP contribution >= 0.6 is 0 Å². The standard InChI is InChI=1S/C22H29NO3/c1-3-7-18-11-13-21(14-12-18)26-17-20(24)16-23-15-6-9-19-8-4-5-10-22(19)25-2/h4-6,8-14,20,23-24H,3,7,15-17H2,1-2H3.